The minimum Gasteiger partial charge on any atom is -0.207 e. The predicted molar refractivity (Wildman–Crippen MR) is 75.5 cm³/mol. The minimum absolute atomic E-state index is 0.279. The molecule has 1 aromatic carbocycles. The maximum atomic E-state index is 13.3. The topological polar surface area (TPSA) is 23.8 Å². The van der Waals surface area contributed by atoms with E-state index in [1.807, 2.05) is 0 Å². The zero-order valence-electron chi connectivity index (χ0n) is 11.1. The van der Waals surface area contributed by atoms with Gasteiger partial charge in [-0.3, -0.25) is 0 Å². The summed E-state index contributed by atoms with van der Waals surface area (Å²) in [5, 5.41) is 10.2. The summed E-state index contributed by atoms with van der Waals surface area (Å²) in [6.45, 7) is 0. The van der Waals surface area contributed by atoms with E-state index in [0.717, 1.165) is 31.2 Å². The Morgan fingerprint density at radius 3 is 2.42 bits per heavy atom. The molecule has 0 spiro atoms. The molecule has 102 valence electrons. The highest BCUT2D eigenvalue weighted by molar-refractivity contribution is 6.31. The first kappa shape index (κ1) is 14.3. The van der Waals surface area contributed by atoms with E-state index in [2.05, 4.69) is 6.07 Å². The van der Waals surface area contributed by atoms with Crippen molar-refractivity contribution in [1.29, 1.82) is 5.26 Å². The van der Waals surface area contributed by atoms with Gasteiger partial charge in [0.2, 0.25) is 0 Å². The smallest absolute Gasteiger partial charge is 0.123 e. The van der Waals surface area contributed by atoms with Crippen molar-refractivity contribution in [2.45, 2.75) is 51.4 Å². The Morgan fingerprint density at radius 1 is 1.16 bits per heavy atom. The third kappa shape index (κ3) is 3.70. The van der Waals surface area contributed by atoms with Crippen molar-refractivity contribution < 1.29 is 4.39 Å². The van der Waals surface area contributed by atoms with Crippen LogP contribution in [0.2, 0.25) is 5.02 Å². The first-order chi connectivity index (χ1) is 9.15. The molecule has 0 atom stereocenters. The molecule has 0 bridgehead atoms. The fourth-order valence-corrected chi connectivity index (χ4v) is 3.14. The molecule has 0 unspecified atom stereocenters. The van der Waals surface area contributed by atoms with Crippen LogP contribution in [0.15, 0.2) is 18.2 Å². The Morgan fingerprint density at radius 2 is 1.79 bits per heavy atom. The van der Waals surface area contributed by atoms with Gasteiger partial charge >= 0.3 is 0 Å². The molecule has 0 heterocycles. The highest BCUT2D eigenvalue weighted by atomic mass is 35.5. The molecule has 1 aliphatic rings. The van der Waals surface area contributed by atoms with Crippen molar-refractivity contribution in [1.82, 2.24) is 0 Å². The zero-order valence-corrected chi connectivity index (χ0v) is 11.8. The Kier molecular flexibility index (Phi) is 4.82. The molecule has 0 amide bonds. The number of nitrogens with zero attached hydrogens (tertiary/aromatic N) is 1. The third-order valence-electron chi connectivity index (χ3n) is 4.08. The monoisotopic (exact) mass is 279 g/mol. The summed E-state index contributed by atoms with van der Waals surface area (Å²) < 4.78 is 13.3. The van der Waals surface area contributed by atoms with Crippen molar-refractivity contribution in [2.24, 2.45) is 5.41 Å². The van der Waals surface area contributed by atoms with E-state index in [1.165, 1.54) is 31.4 Å². The van der Waals surface area contributed by atoms with Crippen LogP contribution in [-0.2, 0) is 6.42 Å². The highest BCUT2D eigenvalue weighted by Gasteiger charge is 2.31. The summed E-state index contributed by atoms with van der Waals surface area (Å²) in [7, 11) is 0. The molecule has 0 aromatic heterocycles. The number of rotatable bonds is 2. The molecule has 0 aliphatic heterocycles. The van der Waals surface area contributed by atoms with Crippen LogP contribution in [0.1, 0.15) is 50.5 Å². The second kappa shape index (κ2) is 6.39. The van der Waals surface area contributed by atoms with Crippen molar-refractivity contribution in [3.05, 3.63) is 34.6 Å². The summed E-state index contributed by atoms with van der Waals surface area (Å²) in [6, 6.07) is 6.92. The van der Waals surface area contributed by atoms with Crippen LogP contribution >= 0.6 is 11.6 Å². The van der Waals surface area contributed by atoms with Crippen molar-refractivity contribution in [2.75, 3.05) is 0 Å². The van der Waals surface area contributed by atoms with Gasteiger partial charge in [0.25, 0.3) is 0 Å². The first-order valence-corrected chi connectivity index (χ1v) is 7.38. The quantitative estimate of drug-likeness (QED) is 0.723. The largest absolute Gasteiger partial charge is 0.207 e. The normalized spacial score (nSPS) is 19.2. The molecular weight excluding hydrogens is 261 g/mol. The van der Waals surface area contributed by atoms with Crippen LogP contribution in [0.3, 0.4) is 0 Å². The van der Waals surface area contributed by atoms with E-state index in [0.29, 0.717) is 11.4 Å². The summed E-state index contributed by atoms with van der Waals surface area (Å²) in [5.41, 5.74) is 0.404. The van der Waals surface area contributed by atoms with Gasteiger partial charge < -0.3 is 0 Å². The Balaban J connectivity index is 2.21. The predicted octanol–water partition coefficient (Wildman–Crippen LogP) is 5.28. The maximum Gasteiger partial charge on any atom is 0.123 e. The average Bonchev–Trinajstić information content (AvgIpc) is 2.37. The second-order valence-electron chi connectivity index (χ2n) is 5.57. The molecule has 0 radical (unpaired) electrons. The molecule has 3 heteroatoms. The Labute approximate surface area is 119 Å². The fourth-order valence-electron chi connectivity index (χ4n) is 2.95. The van der Waals surface area contributed by atoms with Gasteiger partial charge in [0.1, 0.15) is 5.82 Å². The zero-order chi connectivity index (χ0) is 13.7. The van der Waals surface area contributed by atoms with E-state index in [-0.39, 0.29) is 11.2 Å². The SMILES string of the molecule is N#CC1(Cc2cc(F)ccc2Cl)CCCCCCC1. The summed E-state index contributed by atoms with van der Waals surface area (Å²) in [4.78, 5) is 0. The standard InChI is InChI=1S/C16H19ClFN/c17-15-7-6-14(18)10-13(15)11-16(12-19)8-4-2-1-3-5-9-16/h6-7,10H,1-5,8-9,11H2. The van der Waals surface area contributed by atoms with Gasteiger partial charge in [0.15, 0.2) is 0 Å². The van der Waals surface area contributed by atoms with E-state index in [9.17, 15) is 9.65 Å². The molecule has 1 nitrogen and oxygen atoms in total. The van der Waals surface area contributed by atoms with E-state index < -0.39 is 0 Å². The van der Waals surface area contributed by atoms with Crippen molar-refractivity contribution in [3.63, 3.8) is 0 Å². The molecule has 1 aromatic rings. The van der Waals surface area contributed by atoms with Crippen LogP contribution in [0.25, 0.3) is 0 Å². The summed E-state index contributed by atoms with van der Waals surface area (Å²) in [6.07, 6.45) is 8.19. The number of hydrogen-bond acceptors (Lipinski definition) is 1. The van der Waals surface area contributed by atoms with Crippen LogP contribution in [0, 0.1) is 22.6 Å². The molecule has 0 N–H and O–H groups in total. The number of benzene rings is 1. The van der Waals surface area contributed by atoms with Crippen molar-refractivity contribution >= 4 is 11.6 Å². The molecular formula is C16H19ClFN. The molecule has 1 saturated carbocycles. The second-order valence-corrected chi connectivity index (χ2v) is 5.98. The molecule has 0 saturated heterocycles. The van der Waals surface area contributed by atoms with E-state index in [4.69, 9.17) is 11.6 Å². The van der Waals surface area contributed by atoms with Gasteiger partial charge in [-0.1, -0.05) is 43.7 Å². The van der Waals surface area contributed by atoms with E-state index >= 15 is 0 Å². The van der Waals surface area contributed by atoms with Crippen LogP contribution in [0.4, 0.5) is 4.39 Å². The first-order valence-electron chi connectivity index (χ1n) is 7.00. The van der Waals surface area contributed by atoms with Crippen LogP contribution in [-0.4, -0.2) is 0 Å². The third-order valence-corrected chi connectivity index (χ3v) is 4.45. The fraction of sp³-hybridized carbons (Fsp3) is 0.562. The lowest BCUT2D eigenvalue weighted by molar-refractivity contribution is 0.287. The molecule has 2 rings (SSSR count). The minimum atomic E-state index is -0.363. The molecule has 19 heavy (non-hydrogen) atoms. The maximum absolute atomic E-state index is 13.3. The lowest BCUT2D eigenvalue weighted by atomic mass is 9.73. The molecule has 1 fully saturated rings. The van der Waals surface area contributed by atoms with Crippen LogP contribution in [0.5, 0.6) is 0 Å². The van der Waals surface area contributed by atoms with Crippen LogP contribution < -0.4 is 0 Å². The average molecular weight is 280 g/mol. The van der Waals surface area contributed by atoms with Gasteiger partial charge in [-0.25, -0.2) is 4.39 Å². The van der Waals surface area contributed by atoms with E-state index in [1.54, 1.807) is 6.07 Å². The van der Waals surface area contributed by atoms with Gasteiger partial charge in [-0.15, -0.1) is 0 Å². The van der Waals surface area contributed by atoms with Gasteiger partial charge in [0.05, 0.1) is 11.5 Å². The highest BCUT2D eigenvalue weighted by Crippen LogP contribution is 2.38. The lowest BCUT2D eigenvalue weighted by Gasteiger charge is -2.29. The Hall–Kier alpha value is -1.07. The Bertz CT molecular complexity index is 470. The molecule has 1 aliphatic carbocycles. The number of hydrogen-bond donors (Lipinski definition) is 0. The number of nitriles is 1. The summed E-state index contributed by atoms with van der Waals surface area (Å²) >= 11 is 6.13. The lowest BCUT2D eigenvalue weighted by Crippen LogP contribution is -2.23. The van der Waals surface area contributed by atoms with Crippen molar-refractivity contribution in [3.8, 4) is 6.07 Å². The van der Waals surface area contributed by atoms with Gasteiger partial charge in [0, 0.05) is 5.02 Å². The number of halogens is 2. The summed E-state index contributed by atoms with van der Waals surface area (Å²) in [5.74, 6) is -0.279. The van der Waals surface area contributed by atoms with Gasteiger partial charge in [-0.2, -0.15) is 5.26 Å². The van der Waals surface area contributed by atoms with Gasteiger partial charge in [-0.05, 0) is 43.0 Å².